The number of aromatic nitrogens is 1. The van der Waals surface area contributed by atoms with E-state index in [1.165, 1.54) is 43.1 Å². The lowest BCUT2D eigenvalue weighted by molar-refractivity contribution is -0.385. The van der Waals surface area contributed by atoms with E-state index in [2.05, 4.69) is 10.9 Å². The second-order valence-corrected chi connectivity index (χ2v) is 8.82. The Kier molecular flexibility index (Phi) is 6.30. The number of methoxy groups -OCH3 is 2. The van der Waals surface area contributed by atoms with Gasteiger partial charge in [0.2, 0.25) is 10.0 Å². The van der Waals surface area contributed by atoms with Crippen molar-refractivity contribution in [3.05, 3.63) is 50.8 Å². The maximum atomic E-state index is 12.9. The molecule has 0 aliphatic rings. The number of benzene rings is 2. The normalized spacial score (nSPS) is 11.9. The van der Waals surface area contributed by atoms with Crippen LogP contribution in [0.25, 0.3) is 10.2 Å². The van der Waals surface area contributed by atoms with Crippen molar-refractivity contribution in [3.63, 3.8) is 0 Å². The first-order chi connectivity index (χ1) is 15.1. The SMILES string of the molecule is C#CCn1c(=NC(=O)c2cc(OC)c(OC)cc2[N+](=O)[O-])sc2cc(S(N)(=O)=O)ccc21. The van der Waals surface area contributed by atoms with Crippen molar-refractivity contribution in [1.29, 1.82) is 0 Å². The van der Waals surface area contributed by atoms with E-state index in [0.29, 0.717) is 10.2 Å². The van der Waals surface area contributed by atoms with Gasteiger partial charge in [-0.15, -0.1) is 6.42 Å². The van der Waals surface area contributed by atoms with Crippen LogP contribution in [0.1, 0.15) is 10.4 Å². The van der Waals surface area contributed by atoms with Crippen molar-refractivity contribution in [2.24, 2.45) is 10.1 Å². The average molecular weight is 476 g/mol. The first-order valence-electron chi connectivity index (χ1n) is 8.69. The first-order valence-corrected chi connectivity index (χ1v) is 11.1. The summed E-state index contributed by atoms with van der Waals surface area (Å²) in [5, 5.41) is 16.7. The van der Waals surface area contributed by atoms with E-state index in [4.69, 9.17) is 21.0 Å². The van der Waals surface area contributed by atoms with Gasteiger partial charge in [0.05, 0.1) is 46.9 Å². The smallest absolute Gasteiger partial charge is 0.286 e. The number of carbonyl (C=O) groups excluding carboxylic acids is 1. The molecule has 1 heterocycles. The number of nitrogens with two attached hydrogens (primary N) is 1. The fourth-order valence-electron chi connectivity index (χ4n) is 2.90. The molecule has 0 aliphatic carbocycles. The van der Waals surface area contributed by atoms with Crippen LogP contribution in [0.3, 0.4) is 0 Å². The molecule has 0 fully saturated rings. The van der Waals surface area contributed by atoms with Gasteiger partial charge in [0.1, 0.15) is 5.56 Å². The molecule has 3 aromatic rings. The number of fused-ring (bicyclic) bond motifs is 1. The predicted molar refractivity (Wildman–Crippen MR) is 116 cm³/mol. The third kappa shape index (κ3) is 4.33. The van der Waals surface area contributed by atoms with Gasteiger partial charge in [-0.2, -0.15) is 4.99 Å². The number of thiazole rings is 1. The number of ether oxygens (including phenoxy) is 2. The van der Waals surface area contributed by atoms with Gasteiger partial charge < -0.3 is 14.0 Å². The van der Waals surface area contributed by atoms with Gasteiger partial charge in [-0.1, -0.05) is 17.3 Å². The minimum Gasteiger partial charge on any atom is -0.493 e. The maximum absolute atomic E-state index is 12.9. The van der Waals surface area contributed by atoms with Crippen molar-refractivity contribution >= 4 is 43.2 Å². The molecule has 1 aromatic heterocycles. The molecule has 166 valence electrons. The summed E-state index contributed by atoms with van der Waals surface area (Å²) in [7, 11) is -1.31. The Labute approximate surface area is 185 Å². The van der Waals surface area contributed by atoms with E-state index >= 15 is 0 Å². The molecule has 0 bridgehead atoms. The maximum Gasteiger partial charge on any atom is 0.286 e. The predicted octanol–water partition coefficient (Wildman–Crippen LogP) is 1.65. The lowest BCUT2D eigenvalue weighted by Gasteiger charge is -2.08. The van der Waals surface area contributed by atoms with Crippen molar-refractivity contribution in [3.8, 4) is 23.8 Å². The fourth-order valence-corrected chi connectivity index (χ4v) is 4.58. The molecule has 0 radical (unpaired) electrons. The van der Waals surface area contributed by atoms with Crippen molar-refractivity contribution in [2.75, 3.05) is 14.2 Å². The van der Waals surface area contributed by atoms with E-state index in [0.717, 1.165) is 17.4 Å². The zero-order chi connectivity index (χ0) is 23.6. The first kappa shape index (κ1) is 22.9. The van der Waals surface area contributed by atoms with Crippen LogP contribution in [0.15, 0.2) is 40.2 Å². The third-order valence-electron chi connectivity index (χ3n) is 4.36. The lowest BCUT2D eigenvalue weighted by Crippen LogP contribution is -2.17. The number of nitro groups is 1. The number of nitro benzene ring substituents is 1. The van der Waals surface area contributed by atoms with Gasteiger partial charge in [0.15, 0.2) is 16.3 Å². The van der Waals surface area contributed by atoms with Crippen LogP contribution in [-0.2, 0) is 16.6 Å². The summed E-state index contributed by atoms with van der Waals surface area (Å²) >= 11 is 0.983. The van der Waals surface area contributed by atoms with E-state index in [-0.39, 0.29) is 33.3 Å². The van der Waals surface area contributed by atoms with Crippen molar-refractivity contribution in [2.45, 2.75) is 11.4 Å². The Morgan fingerprint density at radius 1 is 1.28 bits per heavy atom. The van der Waals surface area contributed by atoms with Crippen LogP contribution in [0, 0.1) is 22.5 Å². The highest BCUT2D eigenvalue weighted by Crippen LogP contribution is 2.34. The largest absolute Gasteiger partial charge is 0.493 e. The zero-order valence-corrected chi connectivity index (χ0v) is 18.4. The molecule has 1 amide bonds. The summed E-state index contributed by atoms with van der Waals surface area (Å²) in [5.74, 6) is 1.71. The van der Waals surface area contributed by atoms with Gasteiger partial charge in [-0.25, -0.2) is 13.6 Å². The molecule has 2 aromatic carbocycles. The fraction of sp³-hybridized carbons (Fsp3) is 0.158. The van der Waals surface area contributed by atoms with Crippen molar-refractivity contribution in [1.82, 2.24) is 4.57 Å². The number of hydrogen-bond donors (Lipinski definition) is 1. The van der Waals surface area contributed by atoms with Crippen LogP contribution in [0.5, 0.6) is 11.5 Å². The Hall–Kier alpha value is -3.73. The summed E-state index contributed by atoms with van der Waals surface area (Å²) in [6, 6.07) is 6.37. The summed E-state index contributed by atoms with van der Waals surface area (Å²) in [6.07, 6.45) is 5.43. The molecule has 0 unspecified atom stereocenters. The van der Waals surface area contributed by atoms with Crippen LogP contribution in [0.2, 0.25) is 0 Å². The molecular formula is C19H16N4O7S2. The zero-order valence-electron chi connectivity index (χ0n) is 16.8. The van der Waals surface area contributed by atoms with Crippen LogP contribution in [0.4, 0.5) is 5.69 Å². The number of nitrogens with zero attached hydrogens (tertiary/aromatic N) is 3. The number of amides is 1. The summed E-state index contributed by atoms with van der Waals surface area (Å²) < 4.78 is 35.5. The minimum absolute atomic E-state index is 0.0227. The van der Waals surface area contributed by atoms with Crippen LogP contribution in [-0.4, -0.2) is 38.0 Å². The highest BCUT2D eigenvalue weighted by Gasteiger charge is 2.25. The number of sulfonamides is 1. The Balaban J connectivity index is 2.25. The number of primary sulfonamides is 1. The Bertz CT molecular complexity index is 1460. The number of carbonyl (C=O) groups is 1. The standard InChI is InChI=1S/C19H16N4O7S2/c1-4-7-22-13-6-5-11(32(20,27)28)8-17(13)31-19(22)21-18(24)12-9-15(29-2)16(30-3)10-14(12)23(25)26/h1,5-6,8-10H,7H2,2-3H3,(H2,20,27,28). The molecular weight excluding hydrogens is 460 g/mol. The van der Waals surface area contributed by atoms with E-state index in [1.807, 2.05) is 0 Å². The summed E-state index contributed by atoms with van der Waals surface area (Å²) in [5.41, 5.74) is -0.311. The van der Waals surface area contributed by atoms with Crippen LogP contribution >= 0.6 is 11.3 Å². The molecule has 3 rings (SSSR count). The van der Waals surface area contributed by atoms with Gasteiger partial charge in [-0.3, -0.25) is 14.9 Å². The third-order valence-corrected chi connectivity index (χ3v) is 6.31. The van der Waals surface area contributed by atoms with Gasteiger partial charge in [0, 0.05) is 6.07 Å². The minimum atomic E-state index is -3.95. The quantitative estimate of drug-likeness (QED) is 0.322. The van der Waals surface area contributed by atoms with E-state index in [1.54, 1.807) is 0 Å². The average Bonchev–Trinajstić information content (AvgIpc) is 3.08. The molecule has 0 spiro atoms. The molecule has 0 aliphatic heterocycles. The van der Waals surface area contributed by atoms with E-state index in [9.17, 15) is 23.3 Å². The van der Waals surface area contributed by atoms with E-state index < -0.39 is 26.5 Å². The van der Waals surface area contributed by atoms with Crippen LogP contribution < -0.4 is 19.4 Å². The summed E-state index contributed by atoms with van der Waals surface area (Å²) in [4.78, 5) is 27.7. The Morgan fingerprint density at radius 2 is 1.94 bits per heavy atom. The highest BCUT2D eigenvalue weighted by atomic mass is 32.2. The number of rotatable bonds is 6. The second kappa shape index (κ2) is 8.79. The molecule has 0 atom stereocenters. The molecule has 2 N–H and O–H groups in total. The molecule has 0 saturated heterocycles. The van der Waals surface area contributed by atoms with Gasteiger partial charge in [0.25, 0.3) is 11.6 Å². The Morgan fingerprint density at radius 3 is 2.50 bits per heavy atom. The molecule has 13 heteroatoms. The molecule has 11 nitrogen and oxygen atoms in total. The van der Waals surface area contributed by atoms with Gasteiger partial charge in [-0.05, 0) is 18.2 Å². The number of terminal acetylenes is 1. The van der Waals surface area contributed by atoms with Gasteiger partial charge >= 0.3 is 0 Å². The topological polar surface area (TPSA) is 156 Å². The monoisotopic (exact) mass is 476 g/mol. The highest BCUT2D eigenvalue weighted by molar-refractivity contribution is 7.89. The molecule has 32 heavy (non-hydrogen) atoms. The number of hydrogen-bond acceptors (Lipinski definition) is 8. The summed E-state index contributed by atoms with van der Waals surface area (Å²) in [6.45, 7) is 0.0227. The van der Waals surface area contributed by atoms with Crippen molar-refractivity contribution < 1.29 is 27.6 Å². The second-order valence-electron chi connectivity index (χ2n) is 6.25. The molecule has 0 saturated carbocycles. The lowest BCUT2D eigenvalue weighted by atomic mass is 10.1.